The Morgan fingerprint density at radius 2 is 2.40 bits per heavy atom. The fourth-order valence-electron chi connectivity index (χ4n) is 0.919. The number of hydrogen-bond donors (Lipinski definition) is 1. The molecule has 0 bridgehead atoms. The largest absolute Gasteiger partial charge is 0.347 e. The summed E-state index contributed by atoms with van der Waals surface area (Å²) in [6.07, 6.45) is 5.74. The first-order valence-electron chi connectivity index (χ1n) is 3.28. The second-order valence-corrected chi connectivity index (χ2v) is 2.36. The minimum absolute atomic E-state index is 0.0157. The maximum Gasteiger partial charge on any atom is 0.154 e. The first-order valence-corrected chi connectivity index (χ1v) is 3.28. The van der Waals surface area contributed by atoms with Crippen LogP contribution in [0.3, 0.4) is 0 Å². The molecule has 1 rings (SSSR count). The van der Waals surface area contributed by atoms with Crippen LogP contribution in [0.2, 0.25) is 0 Å². The van der Waals surface area contributed by atoms with Crippen molar-refractivity contribution in [1.82, 2.24) is 9.80 Å². The number of rotatable bonds is 2. The summed E-state index contributed by atoms with van der Waals surface area (Å²) in [6, 6.07) is 0. The summed E-state index contributed by atoms with van der Waals surface area (Å²) < 4.78 is 0. The second-order valence-electron chi connectivity index (χ2n) is 2.36. The summed E-state index contributed by atoms with van der Waals surface area (Å²) in [4.78, 5) is 3.95. The predicted octanol–water partition coefficient (Wildman–Crippen LogP) is 0.133. The lowest BCUT2D eigenvalue weighted by Crippen LogP contribution is -2.43. The van der Waals surface area contributed by atoms with Gasteiger partial charge in [0.25, 0.3) is 0 Å². The Labute approximate surface area is 61.4 Å². The fraction of sp³-hybridized carbons (Fsp3) is 0.429. The Morgan fingerprint density at radius 1 is 1.70 bits per heavy atom. The van der Waals surface area contributed by atoms with E-state index in [-0.39, 0.29) is 6.29 Å². The van der Waals surface area contributed by atoms with Crippen molar-refractivity contribution >= 4 is 0 Å². The Kier molecular flexibility index (Phi) is 1.97. The van der Waals surface area contributed by atoms with Crippen molar-refractivity contribution < 1.29 is 0 Å². The van der Waals surface area contributed by atoms with E-state index in [2.05, 4.69) is 6.58 Å². The van der Waals surface area contributed by atoms with Crippen molar-refractivity contribution in [3.63, 3.8) is 0 Å². The third kappa shape index (κ3) is 1.14. The smallest absolute Gasteiger partial charge is 0.154 e. The van der Waals surface area contributed by atoms with Crippen molar-refractivity contribution in [3.8, 4) is 0 Å². The van der Waals surface area contributed by atoms with E-state index in [9.17, 15) is 0 Å². The molecular weight excluding hydrogens is 126 g/mol. The lowest BCUT2D eigenvalue weighted by atomic mass is 10.5. The Morgan fingerprint density at radius 3 is 2.80 bits per heavy atom. The van der Waals surface area contributed by atoms with Gasteiger partial charge in [-0.3, -0.25) is 5.73 Å². The Hall–Kier alpha value is -0.960. The highest BCUT2D eigenvalue weighted by atomic mass is 15.4. The molecule has 0 saturated carbocycles. The van der Waals surface area contributed by atoms with Crippen LogP contribution in [-0.2, 0) is 0 Å². The summed E-state index contributed by atoms with van der Waals surface area (Å²) in [7, 11) is 1.95. The first-order chi connectivity index (χ1) is 4.75. The van der Waals surface area contributed by atoms with Crippen molar-refractivity contribution in [3.05, 3.63) is 25.1 Å². The van der Waals surface area contributed by atoms with Gasteiger partial charge in [0, 0.05) is 26.0 Å². The van der Waals surface area contributed by atoms with Gasteiger partial charge in [0.15, 0.2) is 6.29 Å². The van der Waals surface area contributed by atoms with Crippen LogP contribution in [0, 0.1) is 0 Å². The van der Waals surface area contributed by atoms with E-state index in [0.29, 0.717) is 0 Å². The van der Waals surface area contributed by atoms with Crippen LogP contribution >= 0.6 is 0 Å². The molecule has 0 saturated heterocycles. The number of nitrogens with zero attached hydrogens (tertiary/aromatic N) is 2. The third-order valence-electron chi connectivity index (χ3n) is 1.59. The molecule has 3 heteroatoms. The van der Waals surface area contributed by atoms with E-state index in [1.54, 1.807) is 0 Å². The molecule has 3 nitrogen and oxygen atoms in total. The summed E-state index contributed by atoms with van der Waals surface area (Å²) >= 11 is 0. The van der Waals surface area contributed by atoms with Gasteiger partial charge in [-0.15, -0.1) is 6.58 Å². The molecule has 0 aromatic heterocycles. The number of nitrogens with two attached hydrogens (primary N) is 1. The first kappa shape index (κ1) is 7.15. The van der Waals surface area contributed by atoms with Gasteiger partial charge in [0.2, 0.25) is 0 Å². The predicted molar refractivity (Wildman–Crippen MR) is 41.8 cm³/mol. The van der Waals surface area contributed by atoms with Crippen LogP contribution in [0.4, 0.5) is 0 Å². The summed E-state index contributed by atoms with van der Waals surface area (Å²) in [6.45, 7) is 4.44. The van der Waals surface area contributed by atoms with E-state index in [4.69, 9.17) is 5.73 Å². The van der Waals surface area contributed by atoms with Gasteiger partial charge in [0.05, 0.1) is 0 Å². The molecule has 1 unspecified atom stereocenters. The van der Waals surface area contributed by atoms with E-state index < -0.39 is 0 Å². The van der Waals surface area contributed by atoms with Crippen LogP contribution in [0.15, 0.2) is 25.1 Å². The van der Waals surface area contributed by atoms with Crippen LogP contribution < -0.4 is 5.73 Å². The SMILES string of the molecule is C=CCN1C=CN(C)C1N. The summed E-state index contributed by atoms with van der Waals surface area (Å²) in [5.74, 6) is 0. The zero-order chi connectivity index (χ0) is 7.56. The lowest BCUT2D eigenvalue weighted by molar-refractivity contribution is 0.197. The molecular formula is C7H13N3. The van der Waals surface area contributed by atoms with Crippen LogP contribution in [0.25, 0.3) is 0 Å². The summed E-state index contributed by atoms with van der Waals surface area (Å²) in [5, 5.41) is 0. The highest BCUT2D eigenvalue weighted by molar-refractivity contribution is 4.95. The highest BCUT2D eigenvalue weighted by Gasteiger charge is 2.16. The average molecular weight is 139 g/mol. The molecule has 0 spiro atoms. The molecule has 0 fully saturated rings. The van der Waals surface area contributed by atoms with E-state index in [0.717, 1.165) is 6.54 Å². The molecule has 1 heterocycles. The van der Waals surface area contributed by atoms with Gasteiger partial charge in [-0.25, -0.2) is 0 Å². The lowest BCUT2D eigenvalue weighted by Gasteiger charge is -2.25. The van der Waals surface area contributed by atoms with Gasteiger partial charge in [0.1, 0.15) is 0 Å². The molecule has 0 aromatic carbocycles. The molecule has 1 aliphatic heterocycles. The van der Waals surface area contributed by atoms with Crippen molar-refractivity contribution in [2.45, 2.75) is 6.29 Å². The van der Waals surface area contributed by atoms with Gasteiger partial charge >= 0.3 is 0 Å². The van der Waals surface area contributed by atoms with Gasteiger partial charge in [-0.2, -0.15) is 0 Å². The Bertz CT molecular complexity index is 153. The average Bonchev–Trinajstić information content (AvgIpc) is 2.20. The standard InChI is InChI=1S/C7H13N3/c1-3-4-10-6-5-9(2)7(10)8/h3,5-7H,1,4,8H2,2H3. The maximum atomic E-state index is 5.75. The monoisotopic (exact) mass is 139 g/mol. The van der Waals surface area contributed by atoms with Gasteiger partial charge in [-0.1, -0.05) is 6.08 Å². The van der Waals surface area contributed by atoms with E-state index in [1.807, 2.05) is 35.3 Å². The molecule has 2 N–H and O–H groups in total. The maximum absolute atomic E-state index is 5.75. The quantitative estimate of drug-likeness (QED) is 0.552. The van der Waals surface area contributed by atoms with Crippen LogP contribution in [0.1, 0.15) is 0 Å². The minimum atomic E-state index is -0.0157. The Balaban J connectivity index is 2.49. The molecule has 10 heavy (non-hydrogen) atoms. The van der Waals surface area contributed by atoms with Gasteiger partial charge in [-0.05, 0) is 0 Å². The summed E-state index contributed by atoms with van der Waals surface area (Å²) in [5.41, 5.74) is 5.75. The zero-order valence-electron chi connectivity index (χ0n) is 6.20. The molecule has 1 aliphatic rings. The van der Waals surface area contributed by atoms with E-state index in [1.165, 1.54) is 0 Å². The van der Waals surface area contributed by atoms with Crippen molar-refractivity contribution in [2.24, 2.45) is 5.73 Å². The molecule has 1 atom stereocenters. The second kappa shape index (κ2) is 2.75. The highest BCUT2D eigenvalue weighted by Crippen LogP contribution is 2.07. The van der Waals surface area contributed by atoms with Crippen LogP contribution in [0.5, 0.6) is 0 Å². The molecule has 56 valence electrons. The zero-order valence-corrected chi connectivity index (χ0v) is 6.20. The third-order valence-corrected chi connectivity index (χ3v) is 1.59. The molecule has 0 radical (unpaired) electrons. The fourth-order valence-corrected chi connectivity index (χ4v) is 0.919. The normalized spacial score (nSPS) is 24.0. The van der Waals surface area contributed by atoms with E-state index >= 15 is 0 Å². The molecule has 0 amide bonds. The number of hydrogen-bond acceptors (Lipinski definition) is 3. The topological polar surface area (TPSA) is 32.5 Å². The minimum Gasteiger partial charge on any atom is -0.347 e. The molecule has 0 aliphatic carbocycles. The van der Waals surface area contributed by atoms with Crippen LogP contribution in [-0.4, -0.2) is 29.7 Å². The van der Waals surface area contributed by atoms with Crippen molar-refractivity contribution in [1.29, 1.82) is 0 Å². The van der Waals surface area contributed by atoms with Gasteiger partial charge < -0.3 is 9.80 Å². The van der Waals surface area contributed by atoms with Crippen molar-refractivity contribution in [2.75, 3.05) is 13.6 Å². The molecule has 0 aromatic rings.